The molecule has 5 aliphatic heterocycles. The van der Waals surface area contributed by atoms with E-state index in [-0.39, 0.29) is 124 Å². The number of ether oxygens (including phenoxy) is 9. The molecule has 6 aromatic rings. The Morgan fingerprint density at radius 3 is 1.78 bits per heavy atom. The zero-order valence-corrected chi connectivity index (χ0v) is 52.5. The Bertz CT molecular complexity index is 3850. The molecule has 5 aliphatic rings. The summed E-state index contributed by atoms with van der Waals surface area (Å²) in [6, 6.07) is 17.4. The highest BCUT2D eigenvalue weighted by atomic mass is 32.3. The van der Waals surface area contributed by atoms with E-state index in [1.807, 2.05) is 47.8 Å². The van der Waals surface area contributed by atoms with Crippen LogP contribution in [0, 0.1) is 0 Å². The molecule has 0 bridgehead atoms. The molecule has 30 nitrogen and oxygen atoms in total. The van der Waals surface area contributed by atoms with Crippen LogP contribution in [-0.2, 0) is 82.6 Å². The van der Waals surface area contributed by atoms with Gasteiger partial charge in [-0.05, 0) is 88.4 Å². The van der Waals surface area contributed by atoms with Crippen LogP contribution in [0.5, 0.6) is 40.2 Å². The topological polar surface area (TPSA) is 370 Å². The summed E-state index contributed by atoms with van der Waals surface area (Å²) in [6.07, 6.45) is -0.288. The number of rotatable bonds is 28. The summed E-state index contributed by atoms with van der Waals surface area (Å²) in [5, 5.41) is 47.9. The molecule has 1 fully saturated rings. The van der Waals surface area contributed by atoms with E-state index in [1.54, 1.807) is 52.6 Å². The van der Waals surface area contributed by atoms with E-state index in [0.29, 0.717) is 59.6 Å². The third-order valence-electron chi connectivity index (χ3n) is 16.4. The molecule has 7 atom stereocenters. The summed E-state index contributed by atoms with van der Waals surface area (Å²) >= 11 is 0. The van der Waals surface area contributed by atoms with Crippen LogP contribution < -0.4 is 37.4 Å². The second kappa shape index (κ2) is 29.4. The summed E-state index contributed by atoms with van der Waals surface area (Å²) in [5.41, 5.74) is 14.4. The third kappa shape index (κ3) is 14.9. The molecule has 11 rings (SSSR count). The Balaban J connectivity index is 0.852. The van der Waals surface area contributed by atoms with Crippen molar-refractivity contribution in [1.82, 2.24) is 24.3 Å². The minimum atomic E-state index is -5.29. The summed E-state index contributed by atoms with van der Waals surface area (Å²) in [6.45, 7) is 0.861. The van der Waals surface area contributed by atoms with Crippen molar-refractivity contribution in [2.75, 3.05) is 73.6 Å². The molecule has 1 saturated heterocycles. The molecule has 0 aliphatic carbocycles. The minimum absolute atomic E-state index is 0.00245. The van der Waals surface area contributed by atoms with E-state index < -0.39 is 65.1 Å². The molecule has 1 unspecified atom stereocenters. The largest absolute Gasteiger partial charge is 0.501 e. The molecule has 94 heavy (non-hydrogen) atoms. The van der Waals surface area contributed by atoms with Gasteiger partial charge in [-0.15, -0.1) is 8.42 Å². The van der Waals surface area contributed by atoms with E-state index >= 15 is 0 Å². The number of nitrogens with zero attached hydrogens (tertiary/aromatic N) is 9. The first kappa shape index (κ1) is 66.2. The maximum Gasteiger partial charge on any atom is 0.501 e. The van der Waals surface area contributed by atoms with E-state index in [1.165, 1.54) is 32.4 Å². The summed E-state index contributed by atoms with van der Waals surface area (Å²) in [4.78, 5) is 57.7. The van der Waals surface area contributed by atoms with E-state index in [2.05, 4.69) is 15.3 Å². The molecule has 2 aromatic heterocycles. The van der Waals surface area contributed by atoms with Crippen molar-refractivity contribution < 1.29 is 94.2 Å². The van der Waals surface area contributed by atoms with Crippen LogP contribution in [0.15, 0.2) is 100 Å². The molecule has 4 aromatic carbocycles. The summed E-state index contributed by atoms with van der Waals surface area (Å²) in [5.74, 6) is -1.89. The first-order valence-electron chi connectivity index (χ1n) is 30.0. The lowest BCUT2D eigenvalue weighted by Gasteiger charge is -2.39. The number of hydrogen-bond donors (Lipinski definition) is 5. The number of aliphatic hydroxyl groups is 4. The molecule has 31 heteroatoms. The van der Waals surface area contributed by atoms with Crippen molar-refractivity contribution in [3.05, 3.63) is 146 Å². The lowest BCUT2D eigenvalue weighted by molar-refractivity contribution is -0.277. The van der Waals surface area contributed by atoms with Crippen LogP contribution in [0.3, 0.4) is 0 Å². The Kier molecular flexibility index (Phi) is 20.7. The van der Waals surface area contributed by atoms with E-state index in [9.17, 15) is 43.2 Å². The number of amides is 3. The number of benzene rings is 4. The van der Waals surface area contributed by atoms with Crippen LogP contribution in [0.2, 0.25) is 0 Å². The van der Waals surface area contributed by atoms with Crippen molar-refractivity contribution in [1.29, 1.82) is 0 Å². The SMILES string of the molecule is COc1cc2c(cc1OCc1cc(COc3cc4c(cc3OC)C(=O)N3Cc5ccn(C)c5C[C@H]3C=N4)cc(OS(=O)(=O)Oc3cc(C(=O)NCCOCCOCCOCCN=[N+]=[N-])ccc3OC3O[C@H](CO)[C@H](O)[C@H](O)[C@H]3O)c1)N=C[C@@H]1Cc3c(ccn3C)CN1C2=O. The second-order valence-electron chi connectivity index (χ2n) is 22.5. The third-order valence-corrected chi connectivity index (χ3v) is 17.2. The summed E-state index contributed by atoms with van der Waals surface area (Å²) < 4.78 is 96.2. The second-order valence-corrected chi connectivity index (χ2v) is 23.6. The fraction of sp³-hybridized carbons (Fsp3) is 0.413. The number of aryl methyl sites for hydroxylation is 2. The zero-order chi connectivity index (χ0) is 66.2. The van der Waals surface area contributed by atoms with Crippen LogP contribution in [0.1, 0.15) is 64.7 Å². The maximum absolute atomic E-state index is 14.4. The van der Waals surface area contributed by atoms with Gasteiger partial charge in [0.1, 0.15) is 43.4 Å². The smallest absolute Gasteiger partial charge is 0.493 e. The number of methoxy groups -OCH3 is 2. The first-order chi connectivity index (χ1) is 45.4. The molecule has 0 radical (unpaired) electrons. The van der Waals surface area contributed by atoms with Crippen molar-refractivity contribution in [3.63, 3.8) is 0 Å². The van der Waals surface area contributed by atoms with Gasteiger partial charge in [-0.1, -0.05) is 5.11 Å². The van der Waals surface area contributed by atoms with Gasteiger partial charge in [-0.2, -0.15) is 0 Å². The number of nitrogens with one attached hydrogen (secondary N) is 1. The number of carbonyl (C=O) groups is 3. The van der Waals surface area contributed by atoms with Gasteiger partial charge in [0.05, 0.1) is 95.1 Å². The normalized spacial score (nSPS) is 20.2. The first-order valence-corrected chi connectivity index (χ1v) is 31.3. The highest BCUT2D eigenvalue weighted by Gasteiger charge is 2.45. The van der Waals surface area contributed by atoms with Crippen molar-refractivity contribution in [2.24, 2.45) is 29.2 Å². The highest BCUT2D eigenvalue weighted by Crippen LogP contribution is 2.42. The summed E-state index contributed by atoms with van der Waals surface area (Å²) in [7, 11) is 1.48. The van der Waals surface area contributed by atoms with Gasteiger partial charge in [-0.25, -0.2) is 0 Å². The molecule has 0 saturated carbocycles. The Morgan fingerprint density at radius 2 is 1.23 bits per heavy atom. The van der Waals surface area contributed by atoms with Gasteiger partial charge in [-0.3, -0.25) is 24.4 Å². The quantitative estimate of drug-likeness (QED) is 0.0200. The molecular weight excluding hydrogens is 1250 g/mol. The van der Waals surface area contributed by atoms with E-state index in [0.717, 1.165) is 34.6 Å². The molecule has 498 valence electrons. The highest BCUT2D eigenvalue weighted by molar-refractivity contribution is 7.82. The number of azide groups is 1. The fourth-order valence-electron chi connectivity index (χ4n) is 11.5. The minimum Gasteiger partial charge on any atom is -0.493 e. The van der Waals surface area contributed by atoms with Gasteiger partial charge in [0.25, 0.3) is 17.7 Å². The fourth-order valence-corrected chi connectivity index (χ4v) is 12.2. The predicted molar refractivity (Wildman–Crippen MR) is 333 cm³/mol. The molecule has 7 heterocycles. The number of hydrogen-bond acceptors (Lipinski definition) is 23. The van der Waals surface area contributed by atoms with Crippen molar-refractivity contribution >= 4 is 51.9 Å². The van der Waals surface area contributed by atoms with E-state index in [4.69, 9.17) is 66.5 Å². The van der Waals surface area contributed by atoms with Gasteiger partial charge >= 0.3 is 10.4 Å². The van der Waals surface area contributed by atoms with Crippen LogP contribution in [0.25, 0.3) is 10.4 Å². The number of fused-ring (bicyclic) bond motifs is 6. The Hall–Kier alpha value is -9.27. The predicted octanol–water partition coefficient (Wildman–Crippen LogP) is 4.08. The average molecular weight is 1320 g/mol. The van der Waals surface area contributed by atoms with Gasteiger partial charge in [0.2, 0.25) is 6.29 Å². The zero-order valence-electron chi connectivity index (χ0n) is 51.6. The number of aliphatic imine (C=N–C) groups is 2. The Morgan fingerprint density at radius 1 is 0.681 bits per heavy atom. The molecule has 0 spiro atoms. The van der Waals surface area contributed by atoms with Gasteiger partial charge in [0.15, 0.2) is 34.5 Å². The van der Waals surface area contributed by atoms with Gasteiger partial charge in [0, 0.05) is 112 Å². The van der Waals surface area contributed by atoms with Crippen molar-refractivity contribution in [2.45, 2.75) is 81.9 Å². The average Bonchev–Trinajstić information content (AvgIpc) is 1.56. The lowest BCUT2D eigenvalue weighted by Crippen LogP contribution is -2.60. The van der Waals surface area contributed by atoms with Crippen LogP contribution in [-0.4, -0.2) is 194 Å². The number of aliphatic hydroxyl groups excluding tert-OH is 4. The van der Waals surface area contributed by atoms with Crippen LogP contribution in [0.4, 0.5) is 11.4 Å². The van der Waals surface area contributed by atoms with Gasteiger partial charge < -0.3 is 95.7 Å². The number of aromatic nitrogens is 2. The lowest BCUT2D eigenvalue weighted by atomic mass is 9.99. The standard InChI is InChI=1S/C63H70N10O20S/c1-70-11-7-39-31-72-41(23-48(39)70)29-66-46-27-53(51(83-3)25-44(46)61(72)79)88-34-36-19-37(35-89-54-28-47-45(26-52(54)84-4)62(80)73-32-40-8-12-71(2)49(40)24-42(73)30-67-47)21-43(20-36)92-94(81,82)93-55-22-38(5-6-50(55)90-63-59(77)58(76)57(75)56(33-74)91-63)60(78)65-9-13-85-15-17-87-18-16-86-14-10-68-69-64/h5-8,11-12,19-22,25-30,41-42,56-59,63,74-77H,9-10,13-18,23-24,31-35H2,1-4H3,(H,65,78)/t41-,42-,56+,57-,58-,59+,63?/m0/s1. The number of carbonyl (C=O) groups excluding carboxylic acids is 3. The van der Waals surface area contributed by atoms with Crippen molar-refractivity contribution in [3.8, 4) is 40.2 Å². The molecule has 3 amide bonds. The van der Waals surface area contributed by atoms with Crippen LogP contribution >= 0.6 is 0 Å². The molecule has 5 N–H and O–H groups in total. The maximum atomic E-state index is 14.4. The monoisotopic (exact) mass is 1320 g/mol. The molecular formula is C63H70N10O20S. The Labute approximate surface area is 539 Å².